The topological polar surface area (TPSA) is 43.1 Å². The lowest BCUT2D eigenvalue weighted by molar-refractivity contribution is -0.118. The summed E-state index contributed by atoms with van der Waals surface area (Å²) >= 11 is 0. The molecule has 2 heteroatoms. The van der Waals surface area contributed by atoms with Crippen molar-refractivity contribution in [2.45, 2.75) is 98.8 Å². The van der Waals surface area contributed by atoms with Crippen molar-refractivity contribution in [2.24, 2.45) is 5.73 Å². The first-order valence-electron chi connectivity index (χ1n) is 10.7. The average molecular weight is 364 g/mol. The van der Waals surface area contributed by atoms with E-state index in [-0.39, 0.29) is 5.91 Å². The molecule has 26 heavy (non-hydrogen) atoms. The minimum absolute atomic E-state index is 0.211. The largest absolute Gasteiger partial charge is 0.370 e. The maximum absolute atomic E-state index is 10.5. The minimum atomic E-state index is -0.211. The summed E-state index contributed by atoms with van der Waals surface area (Å²) in [6.45, 7) is 10.2. The highest BCUT2D eigenvalue weighted by Gasteiger charge is 1.90. The number of hydrogen-bond acceptors (Lipinski definition) is 1. The first kappa shape index (κ1) is 29.2. The molecule has 0 aromatic carbocycles. The summed E-state index contributed by atoms with van der Waals surface area (Å²) in [5, 5.41) is 0. The molecule has 0 aromatic heterocycles. The van der Waals surface area contributed by atoms with Gasteiger partial charge in [-0.05, 0) is 57.8 Å². The monoisotopic (exact) mass is 363 g/mol. The lowest BCUT2D eigenvalue weighted by Crippen LogP contribution is -2.09. The highest BCUT2D eigenvalue weighted by atomic mass is 16.1. The molecule has 0 heterocycles. The predicted octanol–water partition coefficient (Wildman–Crippen LogP) is 7.67. The standard InChI is InChI=1S/C20H33NO.2C2H6/c1-2-3-4-5-6-7-8-9-10-11-12-13-14-15-16-17-18-19-20(21)22;2*1-2/h3-4,9-10,12-13,15-16H,2,5-8,11,14,17-19H2,1H3,(H2,21,22);2*1-2H3/b4-3-,10-9-,13-12-,16-15-;;. The van der Waals surface area contributed by atoms with Gasteiger partial charge in [0.05, 0.1) is 0 Å². The fourth-order valence-corrected chi connectivity index (χ4v) is 1.98. The minimum Gasteiger partial charge on any atom is -0.370 e. The average Bonchev–Trinajstić information content (AvgIpc) is 2.67. The molecule has 0 aliphatic heterocycles. The van der Waals surface area contributed by atoms with Crippen molar-refractivity contribution < 1.29 is 4.79 Å². The van der Waals surface area contributed by atoms with Gasteiger partial charge in [-0.15, -0.1) is 0 Å². The smallest absolute Gasteiger partial charge is 0.217 e. The van der Waals surface area contributed by atoms with E-state index >= 15 is 0 Å². The molecule has 0 unspecified atom stereocenters. The zero-order chi connectivity index (χ0) is 20.3. The van der Waals surface area contributed by atoms with Gasteiger partial charge in [0.15, 0.2) is 0 Å². The van der Waals surface area contributed by atoms with Crippen LogP contribution >= 0.6 is 0 Å². The predicted molar refractivity (Wildman–Crippen MR) is 120 cm³/mol. The maximum atomic E-state index is 10.5. The Balaban J connectivity index is -0.00000123. The molecular weight excluding hydrogens is 318 g/mol. The van der Waals surface area contributed by atoms with Gasteiger partial charge in [0.1, 0.15) is 0 Å². The van der Waals surface area contributed by atoms with Gasteiger partial charge in [0.25, 0.3) is 0 Å². The van der Waals surface area contributed by atoms with Gasteiger partial charge in [-0.2, -0.15) is 0 Å². The van der Waals surface area contributed by atoms with E-state index in [4.69, 9.17) is 5.73 Å². The maximum Gasteiger partial charge on any atom is 0.217 e. The molecular formula is C24H45NO. The second-order valence-electron chi connectivity index (χ2n) is 5.41. The SMILES string of the molecule is CC.CC.CC/C=C\CCCC/C=C\C/C=C\C/C=C\CCCC(N)=O. The van der Waals surface area contributed by atoms with Crippen molar-refractivity contribution in [2.75, 3.05) is 0 Å². The third-order valence-electron chi connectivity index (χ3n) is 3.23. The van der Waals surface area contributed by atoms with Gasteiger partial charge in [-0.1, -0.05) is 83.2 Å². The highest BCUT2D eigenvalue weighted by molar-refractivity contribution is 5.73. The molecule has 0 aliphatic rings. The zero-order valence-corrected chi connectivity index (χ0v) is 18.2. The summed E-state index contributed by atoms with van der Waals surface area (Å²) in [6.07, 6.45) is 28.1. The van der Waals surface area contributed by atoms with Crippen LogP contribution in [0.3, 0.4) is 0 Å². The van der Waals surface area contributed by atoms with Gasteiger partial charge in [0.2, 0.25) is 5.91 Å². The van der Waals surface area contributed by atoms with Gasteiger partial charge in [0, 0.05) is 6.42 Å². The molecule has 0 fully saturated rings. The highest BCUT2D eigenvalue weighted by Crippen LogP contribution is 2.03. The molecule has 0 saturated heterocycles. The van der Waals surface area contributed by atoms with E-state index in [0.29, 0.717) is 6.42 Å². The summed E-state index contributed by atoms with van der Waals surface area (Å²) in [5.74, 6) is -0.211. The van der Waals surface area contributed by atoms with Crippen LogP contribution in [0, 0.1) is 0 Å². The quantitative estimate of drug-likeness (QED) is 0.250. The van der Waals surface area contributed by atoms with Crippen LogP contribution in [0.1, 0.15) is 98.8 Å². The Morgan fingerprint density at radius 3 is 1.46 bits per heavy atom. The third-order valence-corrected chi connectivity index (χ3v) is 3.23. The summed E-state index contributed by atoms with van der Waals surface area (Å²) in [4.78, 5) is 10.5. The fraction of sp³-hybridized carbons (Fsp3) is 0.625. The van der Waals surface area contributed by atoms with E-state index in [1.165, 1.54) is 25.7 Å². The second-order valence-corrected chi connectivity index (χ2v) is 5.41. The van der Waals surface area contributed by atoms with E-state index in [1.54, 1.807) is 0 Å². The number of hydrogen-bond donors (Lipinski definition) is 1. The van der Waals surface area contributed by atoms with Gasteiger partial charge in [-0.3, -0.25) is 4.79 Å². The summed E-state index contributed by atoms with van der Waals surface area (Å²) in [6, 6.07) is 0. The van der Waals surface area contributed by atoms with Crippen molar-refractivity contribution in [1.29, 1.82) is 0 Å². The molecule has 1 amide bonds. The van der Waals surface area contributed by atoms with E-state index in [9.17, 15) is 4.79 Å². The van der Waals surface area contributed by atoms with Crippen molar-refractivity contribution in [1.82, 2.24) is 0 Å². The molecule has 152 valence electrons. The number of rotatable bonds is 14. The molecule has 0 rings (SSSR count). The van der Waals surface area contributed by atoms with Gasteiger partial charge in [-0.25, -0.2) is 0 Å². The number of allylic oxidation sites excluding steroid dienone is 8. The van der Waals surface area contributed by atoms with Crippen molar-refractivity contribution >= 4 is 5.91 Å². The van der Waals surface area contributed by atoms with Crippen LogP contribution in [0.25, 0.3) is 0 Å². The van der Waals surface area contributed by atoms with Crippen LogP contribution < -0.4 is 5.73 Å². The molecule has 0 saturated carbocycles. The first-order valence-corrected chi connectivity index (χ1v) is 10.7. The van der Waals surface area contributed by atoms with Crippen LogP contribution in [-0.4, -0.2) is 5.91 Å². The Bertz CT molecular complexity index is 364. The zero-order valence-electron chi connectivity index (χ0n) is 18.2. The van der Waals surface area contributed by atoms with Crippen LogP contribution in [0.2, 0.25) is 0 Å². The number of carbonyl (C=O) groups is 1. The fourth-order valence-electron chi connectivity index (χ4n) is 1.98. The third kappa shape index (κ3) is 33.9. The van der Waals surface area contributed by atoms with Gasteiger partial charge < -0.3 is 5.73 Å². The molecule has 0 spiro atoms. The molecule has 2 nitrogen and oxygen atoms in total. The summed E-state index contributed by atoms with van der Waals surface area (Å²) in [5.41, 5.74) is 5.08. The van der Waals surface area contributed by atoms with Crippen molar-refractivity contribution in [3.8, 4) is 0 Å². The Morgan fingerprint density at radius 1 is 0.654 bits per heavy atom. The van der Waals surface area contributed by atoms with Crippen molar-refractivity contribution in [3.05, 3.63) is 48.6 Å². The van der Waals surface area contributed by atoms with E-state index < -0.39 is 0 Å². The van der Waals surface area contributed by atoms with Crippen LogP contribution in [-0.2, 0) is 4.79 Å². The van der Waals surface area contributed by atoms with Gasteiger partial charge >= 0.3 is 0 Å². The lowest BCUT2D eigenvalue weighted by Gasteiger charge is -1.92. The Kier molecular flexibility index (Phi) is 35.1. The molecule has 2 N–H and O–H groups in total. The summed E-state index contributed by atoms with van der Waals surface area (Å²) < 4.78 is 0. The number of unbranched alkanes of at least 4 members (excludes halogenated alkanes) is 4. The number of nitrogens with two attached hydrogens (primary N) is 1. The lowest BCUT2D eigenvalue weighted by atomic mass is 10.1. The van der Waals surface area contributed by atoms with E-state index in [0.717, 1.165) is 32.1 Å². The first-order chi connectivity index (χ1) is 12.8. The molecule has 0 aliphatic carbocycles. The Morgan fingerprint density at radius 2 is 1.04 bits per heavy atom. The molecule has 0 bridgehead atoms. The number of primary amides is 1. The van der Waals surface area contributed by atoms with Crippen LogP contribution in [0.4, 0.5) is 0 Å². The number of amides is 1. The normalized spacial score (nSPS) is 11.0. The molecule has 0 aromatic rings. The Hall–Kier alpha value is -1.57. The summed E-state index contributed by atoms with van der Waals surface area (Å²) in [7, 11) is 0. The van der Waals surface area contributed by atoms with E-state index in [1.807, 2.05) is 27.7 Å². The van der Waals surface area contributed by atoms with Crippen LogP contribution in [0.5, 0.6) is 0 Å². The number of carbonyl (C=O) groups excluding carboxylic acids is 1. The molecule has 0 atom stereocenters. The van der Waals surface area contributed by atoms with Crippen LogP contribution in [0.15, 0.2) is 48.6 Å². The van der Waals surface area contributed by atoms with E-state index in [2.05, 4.69) is 55.5 Å². The Labute approximate surface area is 164 Å². The molecule has 0 radical (unpaired) electrons. The van der Waals surface area contributed by atoms with Crippen molar-refractivity contribution in [3.63, 3.8) is 0 Å². The second kappa shape index (κ2) is 31.2.